The van der Waals surface area contributed by atoms with E-state index in [1.807, 2.05) is 24.3 Å². The van der Waals surface area contributed by atoms with Gasteiger partial charge in [0, 0.05) is 24.2 Å². The van der Waals surface area contributed by atoms with Gasteiger partial charge in [-0.05, 0) is 24.6 Å². The van der Waals surface area contributed by atoms with Gasteiger partial charge in [-0.2, -0.15) is 0 Å². The van der Waals surface area contributed by atoms with Crippen LogP contribution in [0.4, 0.5) is 0 Å². The van der Waals surface area contributed by atoms with Crippen molar-refractivity contribution in [1.82, 2.24) is 10.6 Å². The molecule has 1 saturated heterocycles. The molecule has 3 nitrogen and oxygen atoms in total. The zero-order valence-electron chi connectivity index (χ0n) is 12.2. The van der Waals surface area contributed by atoms with E-state index in [9.17, 15) is 5.11 Å². The molecule has 0 bridgehead atoms. The summed E-state index contributed by atoms with van der Waals surface area (Å²) < 4.78 is 0. The third-order valence-electron chi connectivity index (χ3n) is 3.93. The Morgan fingerprint density at radius 1 is 1.00 bits per heavy atom. The molecule has 0 amide bonds. The van der Waals surface area contributed by atoms with Crippen LogP contribution in [0.25, 0.3) is 0 Å². The first kappa shape index (κ1) is 18.8. The van der Waals surface area contributed by atoms with Crippen molar-refractivity contribution >= 4 is 24.8 Å². The fourth-order valence-electron chi connectivity index (χ4n) is 2.84. The molecule has 1 fully saturated rings. The quantitative estimate of drug-likeness (QED) is 0.798. The van der Waals surface area contributed by atoms with Gasteiger partial charge in [0.15, 0.2) is 0 Å². The van der Waals surface area contributed by atoms with Crippen LogP contribution in [0.15, 0.2) is 54.6 Å². The number of para-hydroxylation sites is 1. The Labute approximate surface area is 144 Å². The molecule has 0 aromatic heterocycles. The van der Waals surface area contributed by atoms with Crippen LogP contribution >= 0.6 is 24.8 Å². The van der Waals surface area contributed by atoms with Crippen molar-refractivity contribution < 1.29 is 5.11 Å². The molecule has 2 aromatic carbocycles. The van der Waals surface area contributed by atoms with Crippen molar-refractivity contribution in [2.24, 2.45) is 0 Å². The van der Waals surface area contributed by atoms with Crippen molar-refractivity contribution in [2.75, 3.05) is 6.54 Å². The predicted molar refractivity (Wildman–Crippen MR) is 95.0 cm³/mol. The molecule has 0 radical (unpaired) electrons. The average molecular weight is 341 g/mol. The average Bonchev–Trinajstić information content (AvgIpc) is 2.96. The minimum atomic E-state index is 0. The lowest BCUT2D eigenvalue weighted by molar-refractivity contribution is 0.439. The summed E-state index contributed by atoms with van der Waals surface area (Å²) in [6, 6.07) is 18.8. The maximum Gasteiger partial charge on any atom is 0.120 e. The van der Waals surface area contributed by atoms with Gasteiger partial charge in [-0.3, -0.25) is 0 Å². The first-order valence-corrected chi connectivity index (χ1v) is 7.13. The van der Waals surface area contributed by atoms with Crippen molar-refractivity contribution in [3.05, 3.63) is 65.7 Å². The van der Waals surface area contributed by atoms with Gasteiger partial charge in [0.05, 0.1) is 0 Å². The summed E-state index contributed by atoms with van der Waals surface area (Å²) in [5.41, 5.74) is 2.27. The van der Waals surface area contributed by atoms with Crippen LogP contribution in [0, 0.1) is 0 Å². The van der Waals surface area contributed by atoms with E-state index in [0.717, 1.165) is 18.5 Å². The minimum Gasteiger partial charge on any atom is -0.508 e. The summed E-state index contributed by atoms with van der Waals surface area (Å²) in [6.07, 6.45) is 1.10. The Bertz CT molecular complexity index is 566. The molecule has 3 rings (SSSR count). The van der Waals surface area contributed by atoms with E-state index in [0.29, 0.717) is 24.4 Å². The van der Waals surface area contributed by atoms with Crippen LogP contribution in [0.1, 0.15) is 23.6 Å². The van der Waals surface area contributed by atoms with E-state index < -0.39 is 0 Å². The van der Waals surface area contributed by atoms with Gasteiger partial charge in [0.1, 0.15) is 5.75 Å². The van der Waals surface area contributed by atoms with E-state index in [2.05, 4.69) is 34.9 Å². The van der Waals surface area contributed by atoms with Crippen LogP contribution in [0.3, 0.4) is 0 Å². The van der Waals surface area contributed by atoms with E-state index in [4.69, 9.17) is 0 Å². The largest absolute Gasteiger partial charge is 0.508 e. The predicted octanol–water partition coefficient (Wildman–Crippen LogP) is 3.43. The van der Waals surface area contributed by atoms with Gasteiger partial charge >= 0.3 is 0 Å². The summed E-state index contributed by atoms with van der Waals surface area (Å²) >= 11 is 0. The fourth-order valence-corrected chi connectivity index (χ4v) is 2.84. The number of phenols is 1. The normalized spacial score (nSPS) is 20.0. The number of rotatable bonds is 4. The van der Waals surface area contributed by atoms with Crippen LogP contribution in [-0.4, -0.2) is 17.7 Å². The molecule has 1 aliphatic heterocycles. The van der Waals surface area contributed by atoms with Crippen LogP contribution in [-0.2, 0) is 6.54 Å². The molecule has 0 unspecified atom stereocenters. The van der Waals surface area contributed by atoms with Gasteiger partial charge in [-0.25, -0.2) is 0 Å². The Kier molecular flexibility index (Phi) is 7.69. The highest BCUT2D eigenvalue weighted by atomic mass is 35.5. The van der Waals surface area contributed by atoms with Crippen LogP contribution in [0.5, 0.6) is 5.75 Å². The van der Waals surface area contributed by atoms with Crippen molar-refractivity contribution in [3.63, 3.8) is 0 Å². The molecule has 0 spiro atoms. The Morgan fingerprint density at radius 3 is 2.41 bits per heavy atom. The lowest BCUT2D eigenvalue weighted by atomic mass is 10.0. The topological polar surface area (TPSA) is 44.3 Å². The molecular formula is C17H22Cl2N2O. The standard InChI is InChI=1S/C17H20N2O.2ClH/c20-16-9-5-4-8-14(16)12-19-15-10-11-18-17(15)13-6-2-1-3-7-13;;/h1-9,15,17-20H,10-12H2;2*1H/t15-,17-;;/m0../s1. The second kappa shape index (κ2) is 9.01. The number of aromatic hydroxyl groups is 1. The van der Waals surface area contributed by atoms with E-state index in [1.165, 1.54) is 5.56 Å². The first-order valence-electron chi connectivity index (χ1n) is 7.13. The number of hydrogen-bond donors (Lipinski definition) is 3. The molecule has 0 saturated carbocycles. The third kappa shape index (κ3) is 4.37. The van der Waals surface area contributed by atoms with Gasteiger partial charge in [-0.15, -0.1) is 24.8 Å². The summed E-state index contributed by atoms with van der Waals surface area (Å²) in [6.45, 7) is 1.72. The molecule has 5 heteroatoms. The SMILES string of the molecule is Cl.Cl.Oc1ccccc1CN[C@H]1CCN[C@H]1c1ccccc1. The Morgan fingerprint density at radius 2 is 1.68 bits per heavy atom. The summed E-state index contributed by atoms with van der Waals surface area (Å²) in [7, 11) is 0. The first-order chi connectivity index (χ1) is 9.84. The molecule has 120 valence electrons. The number of hydrogen-bond acceptors (Lipinski definition) is 3. The van der Waals surface area contributed by atoms with Crippen molar-refractivity contribution in [1.29, 1.82) is 0 Å². The number of benzene rings is 2. The van der Waals surface area contributed by atoms with Crippen molar-refractivity contribution in [3.8, 4) is 5.75 Å². The number of halogens is 2. The fraction of sp³-hybridized carbons (Fsp3) is 0.294. The lowest BCUT2D eigenvalue weighted by Crippen LogP contribution is -2.33. The molecule has 0 aliphatic carbocycles. The number of nitrogens with one attached hydrogen (secondary N) is 2. The second-order valence-corrected chi connectivity index (χ2v) is 5.25. The maximum atomic E-state index is 9.81. The van der Waals surface area contributed by atoms with Gasteiger partial charge in [0.2, 0.25) is 0 Å². The highest BCUT2D eigenvalue weighted by Gasteiger charge is 2.27. The lowest BCUT2D eigenvalue weighted by Gasteiger charge is -2.21. The zero-order valence-corrected chi connectivity index (χ0v) is 13.9. The summed E-state index contributed by atoms with van der Waals surface area (Å²) in [5.74, 6) is 0.363. The molecule has 22 heavy (non-hydrogen) atoms. The van der Waals surface area contributed by atoms with Crippen LogP contribution < -0.4 is 10.6 Å². The van der Waals surface area contributed by atoms with Crippen LogP contribution in [0.2, 0.25) is 0 Å². The highest BCUT2D eigenvalue weighted by Crippen LogP contribution is 2.24. The second-order valence-electron chi connectivity index (χ2n) is 5.25. The van der Waals surface area contributed by atoms with E-state index in [-0.39, 0.29) is 24.8 Å². The Hall–Kier alpha value is -1.26. The van der Waals surface area contributed by atoms with E-state index >= 15 is 0 Å². The highest BCUT2D eigenvalue weighted by molar-refractivity contribution is 5.85. The molecule has 3 N–H and O–H groups in total. The molecule has 1 aliphatic rings. The smallest absolute Gasteiger partial charge is 0.120 e. The number of phenolic OH excluding ortho intramolecular Hbond substituents is 1. The summed E-state index contributed by atoms with van der Waals surface area (Å²) in [5, 5.41) is 16.9. The molecule has 1 heterocycles. The van der Waals surface area contributed by atoms with Crippen molar-refractivity contribution in [2.45, 2.75) is 25.0 Å². The third-order valence-corrected chi connectivity index (χ3v) is 3.93. The minimum absolute atomic E-state index is 0. The zero-order chi connectivity index (χ0) is 13.8. The monoisotopic (exact) mass is 340 g/mol. The molecular weight excluding hydrogens is 319 g/mol. The van der Waals surface area contributed by atoms with Gasteiger partial charge in [0.25, 0.3) is 0 Å². The van der Waals surface area contributed by atoms with Gasteiger partial charge < -0.3 is 15.7 Å². The summed E-state index contributed by atoms with van der Waals surface area (Å²) in [4.78, 5) is 0. The molecule has 2 aromatic rings. The maximum absolute atomic E-state index is 9.81. The Balaban J connectivity index is 0.00000121. The van der Waals surface area contributed by atoms with E-state index in [1.54, 1.807) is 6.07 Å². The molecule has 2 atom stereocenters. The van der Waals surface area contributed by atoms with Gasteiger partial charge in [-0.1, -0.05) is 48.5 Å².